The molecule has 1 unspecified atom stereocenters. The molecule has 8 nitrogen and oxygen atoms in total. The Hall–Kier alpha value is -3.26. The Morgan fingerprint density at radius 2 is 1.67 bits per heavy atom. The Kier molecular flexibility index (Phi) is 8.36. The first kappa shape index (κ1) is 25.8. The van der Waals surface area contributed by atoms with Crippen molar-refractivity contribution in [2.24, 2.45) is 5.41 Å². The summed E-state index contributed by atoms with van der Waals surface area (Å²) < 4.78 is 15.4. The number of likely N-dealkylation sites (tertiary alicyclic amines) is 2. The molecule has 1 spiro atoms. The first-order valence-electron chi connectivity index (χ1n) is 12.6. The van der Waals surface area contributed by atoms with Gasteiger partial charge in [0.2, 0.25) is 5.91 Å². The average molecular weight is 496 g/mol. The molecule has 2 aromatic rings. The van der Waals surface area contributed by atoms with Crippen LogP contribution in [-0.2, 0) is 16.1 Å². The number of hydrogen-bond acceptors (Lipinski definition) is 6. The summed E-state index contributed by atoms with van der Waals surface area (Å²) in [7, 11) is 4.66. The van der Waals surface area contributed by atoms with E-state index >= 15 is 0 Å². The van der Waals surface area contributed by atoms with Gasteiger partial charge in [0, 0.05) is 19.6 Å². The Morgan fingerprint density at radius 1 is 0.972 bits per heavy atom. The van der Waals surface area contributed by atoms with Gasteiger partial charge in [0.25, 0.3) is 0 Å². The van der Waals surface area contributed by atoms with Gasteiger partial charge in [0.1, 0.15) is 11.5 Å². The van der Waals surface area contributed by atoms with E-state index in [1.165, 1.54) is 7.11 Å². The lowest BCUT2D eigenvalue weighted by molar-refractivity contribution is -0.138. The largest absolute Gasteiger partial charge is 0.497 e. The maximum atomic E-state index is 13.4. The summed E-state index contributed by atoms with van der Waals surface area (Å²) in [6.07, 6.45) is 2.96. The summed E-state index contributed by atoms with van der Waals surface area (Å²) in [6, 6.07) is 15.5. The van der Waals surface area contributed by atoms with Crippen LogP contribution in [0.1, 0.15) is 42.9 Å². The van der Waals surface area contributed by atoms with Crippen LogP contribution in [0.15, 0.2) is 48.5 Å². The molecule has 2 heterocycles. The third kappa shape index (κ3) is 5.93. The van der Waals surface area contributed by atoms with Crippen molar-refractivity contribution in [2.75, 3.05) is 47.5 Å². The SMILES string of the molecule is COC(=O)NC(CCN1CCC2(CC1)CCN(Cc1ccc(OC)cc1)C2=O)c1cccc(OC)c1. The molecule has 8 heteroatoms. The zero-order chi connectivity index (χ0) is 25.5. The highest BCUT2D eigenvalue weighted by molar-refractivity contribution is 5.85. The average Bonchev–Trinajstić information content (AvgIpc) is 3.22. The Bertz CT molecular complexity index is 1030. The van der Waals surface area contributed by atoms with Crippen molar-refractivity contribution in [2.45, 2.75) is 38.3 Å². The lowest BCUT2D eigenvalue weighted by atomic mass is 9.77. The van der Waals surface area contributed by atoms with Gasteiger partial charge in [-0.3, -0.25) is 4.79 Å². The van der Waals surface area contributed by atoms with Gasteiger partial charge in [-0.1, -0.05) is 24.3 Å². The van der Waals surface area contributed by atoms with Gasteiger partial charge in [-0.2, -0.15) is 0 Å². The van der Waals surface area contributed by atoms with Crippen molar-refractivity contribution in [1.29, 1.82) is 0 Å². The lowest BCUT2D eigenvalue weighted by Crippen LogP contribution is -2.45. The van der Waals surface area contributed by atoms with E-state index in [4.69, 9.17) is 14.2 Å². The monoisotopic (exact) mass is 495 g/mol. The lowest BCUT2D eigenvalue weighted by Gasteiger charge is -2.38. The fourth-order valence-corrected chi connectivity index (χ4v) is 5.36. The molecule has 0 aromatic heterocycles. The number of benzene rings is 2. The predicted molar refractivity (Wildman–Crippen MR) is 137 cm³/mol. The minimum atomic E-state index is -0.450. The second-order valence-corrected chi connectivity index (χ2v) is 9.70. The summed E-state index contributed by atoms with van der Waals surface area (Å²) in [4.78, 5) is 29.8. The number of rotatable bonds is 9. The Balaban J connectivity index is 1.31. The minimum Gasteiger partial charge on any atom is -0.497 e. The van der Waals surface area contributed by atoms with E-state index in [0.29, 0.717) is 12.5 Å². The number of methoxy groups -OCH3 is 3. The molecule has 2 aliphatic rings. The number of alkyl carbamates (subject to hydrolysis) is 1. The van der Waals surface area contributed by atoms with Crippen molar-refractivity contribution >= 4 is 12.0 Å². The van der Waals surface area contributed by atoms with E-state index in [1.54, 1.807) is 14.2 Å². The predicted octanol–water partition coefficient (Wildman–Crippen LogP) is 4.01. The number of nitrogens with one attached hydrogen (secondary N) is 1. The minimum absolute atomic E-state index is 0.184. The van der Waals surface area contributed by atoms with E-state index < -0.39 is 6.09 Å². The molecule has 4 rings (SSSR count). The molecule has 2 saturated heterocycles. The molecule has 1 N–H and O–H groups in total. The highest BCUT2D eigenvalue weighted by atomic mass is 16.5. The van der Waals surface area contributed by atoms with Crippen LogP contribution in [0.5, 0.6) is 11.5 Å². The molecule has 0 bridgehead atoms. The van der Waals surface area contributed by atoms with E-state index in [9.17, 15) is 9.59 Å². The van der Waals surface area contributed by atoms with E-state index in [2.05, 4.69) is 10.2 Å². The summed E-state index contributed by atoms with van der Waals surface area (Å²) in [5.74, 6) is 1.87. The molecule has 0 saturated carbocycles. The molecule has 0 aliphatic carbocycles. The molecule has 0 radical (unpaired) electrons. The smallest absolute Gasteiger partial charge is 0.407 e. The van der Waals surface area contributed by atoms with Gasteiger partial charge >= 0.3 is 6.09 Å². The van der Waals surface area contributed by atoms with Crippen LogP contribution in [-0.4, -0.2) is 69.3 Å². The fourth-order valence-electron chi connectivity index (χ4n) is 5.36. The zero-order valence-corrected chi connectivity index (χ0v) is 21.5. The van der Waals surface area contributed by atoms with Crippen LogP contribution >= 0.6 is 0 Å². The third-order valence-electron chi connectivity index (χ3n) is 7.65. The van der Waals surface area contributed by atoms with E-state index in [-0.39, 0.29) is 11.5 Å². The summed E-state index contributed by atoms with van der Waals surface area (Å²) in [5, 5.41) is 2.95. The van der Waals surface area contributed by atoms with Gasteiger partial charge in [-0.25, -0.2) is 4.79 Å². The molecule has 194 valence electrons. The van der Waals surface area contributed by atoms with Crippen LogP contribution in [0.3, 0.4) is 0 Å². The number of amides is 2. The Morgan fingerprint density at radius 3 is 2.33 bits per heavy atom. The highest BCUT2D eigenvalue weighted by Gasteiger charge is 2.47. The zero-order valence-electron chi connectivity index (χ0n) is 21.5. The molecule has 1 atom stereocenters. The maximum absolute atomic E-state index is 13.4. The summed E-state index contributed by atoms with van der Waals surface area (Å²) in [5.41, 5.74) is 1.87. The maximum Gasteiger partial charge on any atom is 0.407 e. The normalized spacial score (nSPS) is 18.2. The number of hydrogen-bond donors (Lipinski definition) is 1. The van der Waals surface area contributed by atoms with Crippen molar-refractivity contribution in [3.05, 3.63) is 59.7 Å². The molecular weight excluding hydrogens is 458 g/mol. The van der Waals surface area contributed by atoms with Crippen molar-refractivity contribution in [1.82, 2.24) is 15.1 Å². The number of nitrogens with zero attached hydrogens (tertiary/aromatic N) is 2. The number of carbonyl (C=O) groups is 2. The second-order valence-electron chi connectivity index (χ2n) is 9.70. The van der Waals surface area contributed by atoms with Gasteiger partial charge < -0.3 is 29.3 Å². The van der Waals surface area contributed by atoms with Crippen LogP contribution in [0.2, 0.25) is 0 Å². The van der Waals surface area contributed by atoms with E-state index in [1.807, 2.05) is 53.4 Å². The first-order chi connectivity index (χ1) is 17.5. The molecule has 2 fully saturated rings. The van der Waals surface area contributed by atoms with Gasteiger partial charge in [0.15, 0.2) is 0 Å². The van der Waals surface area contributed by atoms with Gasteiger partial charge in [-0.05, 0) is 74.2 Å². The number of piperidine rings is 1. The van der Waals surface area contributed by atoms with Crippen molar-refractivity contribution < 1.29 is 23.8 Å². The van der Waals surface area contributed by atoms with Crippen LogP contribution in [0, 0.1) is 5.41 Å². The van der Waals surface area contributed by atoms with Crippen LogP contribution in [0.4, 0.5) is 4.79 Å². The Labute approximate surface area is 213 Å². The van der Waals surface area contributed by atoms with Crippen LogP contribution < -0.4 is 14.8 Å². The third-order valence-corrected chi connectivity index (χ3v) is 7.65. The topological polar surface area (TPSA) is 80.3 Å². The molecular formula is C28H37N3O5. The van der Waals surface area contributed by atoms with Gasteiger partial charge in [-0.15, -0.1) is 0 Å². The molecule has 2 amide bonds. The quantitative estimate of drug-likeness (QED) is 0.566. The standard InChI is InChI=1S/C28H37N3O5/c1-34-23-9-7-21(8-10-23)20-31-18-14-28(26(31)32)12-16-30(17-13-28)15-11-25(29-27(33)36-3)22-5-4-6-24(19-22)35-2/h4-10,19,25H,11-18,20H2,1-3H3,(H,29,33). The first-order valence-corrected chi connectivity index (χ1v) is 12.6. The van der Waals surface area contributed by atoms with Crippen LogP contribution in [0.25, 0.3) is 0 Å². The molecule has 2 aliphatic heterocycles. The fraction of sp³-hybridized carbons (Fsp3) is 0.500. The van der Waals surface area contributed by atoms with Crippen molar-refractivity contribution in [3.63, 3.8) is 0 Å². The van der Waals surface area contributed by atoms with Gasteiger partial charge in [0.05, 0.1) is 32.8 Å². The van der Waals surface area contributed by atoms with E-state index in [0.717, 1.165) is 74.5 Å². The highest BCUT2D eigenvalue weighted by Crippen LogP contribution is 2.42. The molecule has 2 aromatic carbocycles. The number of carbonyl (C=O) groups excluding carboxylic acids is 2. The summed E-state index contributed by atoms with van der Waals surface area (Å²) in [6.45, 7) is 4.05. The second kappa shape index (κ2) is 11.6. The summed E-state index contributed by atoms with van der Waals surface area (Å²) >= 11 is 0. The number of ether oxygens (including phenoxy) is 3. The van der Waals surface area contributed by atoms with Crippen molar-refractivity contribution in [3.8, 4) is 11.5 Å². The molecule has 36 heavy (non-hydrogen) atoms.